The number of aromatic nitrogens is 1. The number of hydrogen-bond donors (Lipinski definition) is 2. The van der Waals surface area contributed by atoms with E-state index in [2.05, 4.69) is 52.9 Å². The molecule has 1 heterocycles. The maximum absolute atomic E-state index is 9.08. The molecule has 18 heavy (non-hydrogen) atoms. The molecular weight excluding hydrogens is 327 g/mol. The van der Waals surface area contributed by atoms with Crippen molar-refractivity contribution >= 4 is 33.6 Å². The first-order valence-electron chi connectivity index (χ1n) is 4.54. The van der Waals surface area contributed by atoms with Crippen LogP contribution in [0.5, 0.6) is 5.75 Å². The molecule has 0 aromatic carbocycles. The van der Waals surface area contributed by atoms with Crippen LogP contribution in [0, 0.1) is 6.92 Å². The summed E-state index contributed by atoms with van der Waals surface area (Å²) >= 11 is 7.40. The van der Waals surface area contributed by atoms with Gasteiger partial charge in [0.25, 0.3) is 5.75 Å². The number of aliphatic hydroxyl groups excluding tert-OH is 1. The molecule has 6 nitrogen and oxygen atoms in total. The summed E-state index contributed by atoms with van der Waals surface area (Å²) in [5.74, 6) is 0.211. The van der Waals surface area contributed by atoms with E-state index in [0.717, 1.165) is 0 Å². The molecule has 0 atom stereocenters. The number of nitrogens with zero attached hydrogens (tertiary/aromatic N) is 3. The van der Waals surface area contributed by atoms with Crippen molar-refractivity contribution in [3.05, 3.63) is 28.4 Å². The summed E-state index contributed by atoms with van der Waals surface area (Å²) in [7, 11) is 4.20. The Kier molecular flexibility index (Phi) is 8.82. The zero-order valence-corrected chi connectivity index (χ0v) is 11.9. The molecule has 0 fully saturated rings. The molecule has 1 aromatic heterocycles. The predicted octanol–water partition coefficient (Wildman–Crippen LogP) is 0.0401. The van der Waals surface area contributed by atoms with E-state index in [1.165, 1.54) is 12.4 Å². The van der Waals surface area contributed by atoms with Gasteiger partial charge in [-0.25, -0.2) is 0 Å². The van der Waals surface area contributed by atoms with Gasteiger partial charge in [-0.05, 0) is 6.92 Å². The quantitative estimate of drug-likeness (QED) is 0.202. The van der Waals surface area contributed by atoms with Gasteiger partial charge in [0.05, 0.1) is 12.2 Å². The van der Waals surface area contributed by atoms with Crippen molar-refractivity contribution in [2.24, 2.45) is 10.8 Å². The second-order valence-electron chi connectivity index (χ2n) is 3.02. The molecule has 0 radical (unpaired) electrons. The molecule has 0 amide bonds. The molecule has 0 aliphatic rings. The van der Waals surface area contributed by atoms with Gasteiger partial charge < -0.3 is 20.7 Å². The monoisotopic (exact) mass is 339 g/mol. The number of halogens is 1. The van der Waals surface area contributed by atoms with Crippen LogP contribution < -0.4 is 5.73 Å². The number of nitrogens with two attached hydrogens (primary N) is 1. The molecule has 103 valence electrons. The number of aryl methyl sites for hydroxylation is 1. The first-order valence-corrected chi connectivity index (χ1v) is 6.28. The zero-order chi connectivity index (χ0) is 14.1. The fraction of sp³-hybridized carbons (Fsp3) is 0.222. The van der Waals surface area contributed by atoms with E-state index in [-0.39, 0.29) is 17.5 Å². The molecule has 5 N–H and O–H groups in total. The van der Waals surface area contributed by atoms with Gasteiger partial charge in [0.1, 0.15) is 5.69 Å². The van der Waals surface area contributed by atoms with Gasteiger partial charge in [0, 0.05) is 18.0 Å². The number of rotatable bonds is 3. The summed E-state index contributed by atoms with van der Waals surface area (Å²) in [5.41, 5.74) is 10.3. The Morgan fingerprint density at radius 3 is 2.89 bits per heavy atom. The average Bonchev–Trinajstić information content (AvgIpc) is 2.37. The van der Waals surface area contributed by atoms with Crippen LogP contribution >= 0.6 is 10.1 Å². The van der Waals surface area contributed by atoms with E-state index in [0.29, 0.717) is 16.8 Å². The topological polar surface area (TPSA) is 108 Å². The van der Waals surface area contributed by atoms with Crippen LogP contribution in [0.15, 0.2) is 11.3 Å². The van der Waals surface area contributed by atoms with Crippen molar-refractivity contribution in [1.29, 1.82) is 0 Å². The van der Waals surface area contributed by atoms with Crippen molar-refractivity contribution in [2.75, 3.05) is 0 Å². The van der Waals surface area contributed by atoms with Gasteiger partial charge in [-0.1, -0.05) is 0 Å². The molecule has 1 aromatic rings. The third-order valence-corrected chi connectivity index (χ3v) is 2.00. The van der Waals surface area contributed by atoms with E-state index in [1.807, 2.05) is 0 Å². The molecule has 0 unspecified atom stereocenters. The summed E-state index contributed by atoms with van der Waals surface area (Å²) in [6.07, 6.45) is 2.86. The predicted molar refractivity (Wildman–Crippen MR) is 72.7 cm³/mol. The van der Waals surface area contributed by atoms with Crippen molar-refractivity contribution in [2.45, 2.75) is 13.5 Å². The Balaban J connectivity index is 0.00000137. The van der Waals surface area contributed by atoms with E-state index in [9.17, 15) is 0 Å². The fourth-order valence-electron chi connectivity index (χ4n) is 1.08. The summed E-state index contributed by atoms with van der Waals surface area (Å²) < 4.78 is 0. The van der Waals surface area contributed by atoms with Crippen LogP contribution in [0.25, 0.3) is 5.43 Å². The number of aliphatic hydroxyl groups is 1. The Bertz CT molecular complexity index is 445. The Morgan fingerprint density at radius 2 is 2.39 bits per heavy atom. The van der Waals surface area contributed by atoms with Crippen LogP contribution in [-0.2, 0) is 33.9 Å². The van der Waals surface area contributed by atoms with Crippen molar-refractivity contribution in [3.63, 3.8) is 0 Å². The standard InChI is InChI=1S/C9H12N4O2S.ClH.Cu/c1-5-8(15)7(3-12-13-9(10)16)6(4-14)2-11-5;;/h2-3,14H,4H2,1H3,(H4,10,11,12,13,15,16);1H;/q;;+2. The van der Waals surface area contributed by atoms with Gasteiger partial charge in [-0.3, -0.25) is 10.7 Å². The van der Waals surface area contributed by atoms with Crippen molar-refractivity contribution < 1.29 is 25.3 Å². The van der Waals surface area contributed by atoms with E-state index in [4.69, 9.17) is 15.9 Å². The Morgan fingerprint density at radius 1 is 1.78 bits per heavy atom. The van der Waals surface area contributed by atoms with Crippen LogP contribution in [0.3, 0.4) is 0 Å². The summed E-state index contributed by atoms with van der Waals surface area (Å²) in [4.78, 5) is 3.97. The van der Waals surface area contributed by atoms with E-state index >= 15 is 0 Å². The third-order valence-electron chi connectivity index (χ3n) is 1.91. The fourth-order valence-corrected chi connectivity index (χ4v) is 1.14. The minimum atomic E-state index is -0.208. The van der Waals surface area contributed by atoms with Gasteiger partial charge in [0.2, 0.25) is 0 Å². The van der Waals surface area contributed by atoms with Crippen LogP contribution in [0.4, 0.5) is 0 Å². The zero-order valence-electron chi connectivity index (χ0n) is 9.35. The van der Waals surface area contributed by atoms with E-state index in [1.54, 1.807) is 6.92 Å². The Hall–Kier alpha value is -0.761. The third kappa shape index (κ3) is 5.26. The molecule has 1 rings (SSSR count). The molecule has 0 bridgehead atoms. The maximum atomic E-state index is 9.08. The van der Waals surface area contributed by atoms with Gasteiger partial charge >= 0.3 is 25.2 Å². The number of thiol groups is 1. The number of hydrogen-bond acceptors (Lipinski definition) is 3. The molecule has 0 aliphatic carbocycles. The van der Waals surface area contributed by atoms with Gasteiger partial charge in [-0.15, -0.1) is 0 Å². The molecule has 9 heteroatoms. The molecular formula is C9H13ClCuN4O2S+2. The SMILES string of the molecule is Cc1ncc(CO)c(C=N[N-]C(N)=[SH+])c1[OH2+].[Cl][Cu+]. The minimum absolute atomic E-state index is 0.0270. The van der Waals surface area contributed by atoms with Crippen LogP contribution in [-0.4, -0.2) is 26.5 Å². The second-order valence-corrected chi connectivity index (χ2v) is 3.48. The Labute approximate surface area is 122 Å². The average molecular weight is 340 g/mol. The first kappa shape index (κ1) is 17.2. The van der Waals surface area contributed by atoms with Crippen LogP contribution in [0.2, 0.25) is 0 Å². The van der Waals surface area contributed by atoms with E-state index < -0.39 is 0 Å². The first-order chi connectivity index (χ1) is 8.56. The molecule has 0 saturated carbocycles. The molecule has 0 aliphatic heterocycles. The summed E-state index contributed by atoms with van der Waals surface area (Å²) in [6, 6.07) is 0. The van der Waals surface area contributed by atoms with Gasteiger partial charge in [-0.2, -0.15) is 0 Å². The van der Waals surface area contributed by atoms with Crippen LogP contribution in [0.1, 0.15) is 16.8 Å². The molecule has 0 spiro atoms. The molecule has 0 saturated heterocycles. The normalized spacial score (nSPS) is 9.89. The van der Waals surface area contributed by atoms with Gasteiger partial charge in [0.15, 0.2) is 17.3 Å². The van der Waals surface area contributed by atoms with Crippen molar-refractivity contribution in [3.8, 4) is 5.75 Å². The summed E-state index contributed by atoms with van der Waals surface area (Å²) in [5, 5.41) is 20.5. The van der Waals surface area contributed by atoms with Crippen molar-refractivity contribution in [1.82, 2.24) is 4.98 Å². The second kappa shape index (κ2) is 9.21. The summed E-state index contributed by atoms with van der Waals surface area (Å²) in [6.45, 7) is 1.50. The number of pyridine rings is 1.